The zero-order valence-electron chi connectivity index (χ0n) is 12.6. The lowest BCUT2D eigenvalue weighted by atomic mass is 10.1. The second kappa shape index (κ2) is 8.44. The average molecular weight is 342 g/mol. The molecule has 4 nitrogen and oxygen atoms in total. The fourth-order valence-corrected chi connectivity index (χ4v) is 3.70. The average Bonchev–Trinajstić information content (AvgIpc) is 2.99. The molecule has 1 unspecified atom stereocenters. The molecule has 0 bridgehead atoms. The van der Waals surface area contributed by atoms with E-state index >= 15 is 0 Å². The first-order chi connectivity index (χ1) is 10.6. The lowest BCUT2D eigenvalue weighted by Gasteiger charge is -2.16. The summed E-state index contributed by atoms with van der Waals surface area (Å²) in [6.45, 7) is 1.49. The van der Waals surface area contributed by atoms with Crippen LogP contribution in [-0.2, 0) is 20.7 Å². The zero-order valence-corrected chi connectivity index (χ0v) is 14.2. The van der Waals surface area contributed by atoms with Crippen molar-refractivity contribution in [3.63, 3.8) is 0 Å². The van der Waals surface area contributed by atoms with Crippen LogP contribution >= 0.6 is 23.4 Å². The van der Waals surface area contributed by atoms with E-state index in [-0.39, 0.29) is 11.9 Å². The number of hydrogen-bond donors (Lipinski definition) is 0. The van der Waals surface area contributed by atoms with E-state index in [2.05, 4.69) is 4.74 Å². The highest BCUT2D eigenvalue weighted by atomic mass is 35.5. The molecule has 0 saturated carbocycles. The highest BCUT2D eigenvalue weighted by Gasteiger charge is 2.26. The maximum Gasteiger partial charge on any atom is 0.315 e. The lowest BCUT2D eigenvalue weighted by Crippen LogP contribution is -2.29. The molecule has 1 saturated heterocycles. The highest BCUT2D eigenvalue weighted by Crippen LogP contribution is 2.23. The van der Waals surface area contributed by atoms with Crippen molar-refractivity contribution in [1.82, 2.24) is 4.90 Å². The molecule has 1 fully saturated rings. The largest absolute Gasteiger partial charge is 0.468 e. The maximum absolute atomic E-state index is 12.2. The minimum absolute atomic E-state index is 0.168. The molecule has 1 aliphatic rings. The van der Waals surface area contributed by atoms with E-state index in [0.717, 1.165) is 25.1 Å². The number of carbonyl (C=O) groups is 2. The summed E-state index contributed by atoms with van der Waals surface area (Å²) in [5.74, 6) is 0.308. The molecule has 1 atom stereocenters. The normalized spacial score (nSPS) is 17.5. The molecule has 120 valence electrons. The van der Waals surface area contributed by atoms with Crippen LogP contribution in [0.2, 0.25) is 5.02 Å². The monoisotopic (exact) mass is 341 g/mol. The van der Waals surface area contributed by atoms with Gasteiger partial charge < -0.3 is 9.64 Å². The van der Waals surface area contributed by atoms with Crippen molar-refractivity contribution in [2.24, 2.45) is 0 Å². The minimum atomic E-state index is -0.212. The molecule has 1 heterocycles. The van der Waals surface area contributed by atoms with E-state index in [1.165, 1.54) is 7.11 Å². The van der Waals surface area contributed by atoms with Crippen LogP contribution in [0.15, 0.2) is 24.3 Å². The molecular formula is C16H20ClNO3S. The Hall–Kier alpha value is -1.20. The molecule has 0 radical (unpaired) electrons. The van der Waals surface area contributed by atoms with Gasteiger partial charge in [0.1, 0.15) is 0 Å². The molecule has 2 rings (SSSR count). The Morgan fingerprint density at radius 1 is 1.45 bits per heavy atom. The third-order valence-corrected chi connectivity index (χ3v) is 5.17. The molecule has 1 aromatic rings. The Bertz CT molecular complexity index is 538. The molecule has 1 amide bonds. The van der Waals surface area contributed by atoms with Crippen molar-refractivity contribution in [1.29, 1.82) is 0 Å². The van der Waals surface area contributed by atoms with Gasteiger partial charge in [0.15, 0.2) is 0 Å². The highest BCUT2D eigenvalue weighted by molar-refractivity contribution is 8.00. The van der Waals surface area contributed by atoms with Gasteiger partial charge in [-0.1, -0.05) is 23.7 Å². The second-order valence-electron chi connectivity index (χ2n) is 5.27. The molecule has 1 aliphatic heterocycles. The van der Waals surface area contributed by atoms with Crippen LogP contribution in [0.5, 0.6) is 0 Å². The fourth-order valence-electron chi connectivity index (χ4n) is 2.44. The number of amides is 1. The van der Waals surface area contributed by atoms with Crippen LogP contribution in [-0.4, -0.2) is 48.0 Å². The Kier molecular flexibility index (Phi) is 6.58. The standard InChI is InChI=1S/C16H20ClNO3S/c1-21-16(20)11-22-14-7-8-18(10-14)15(19)6-5-12-3-2-4-13(17)9-12/h2-4,9,14H,5-8,10-11H2,1H3. The van der Waals surface area contributed by atoms with Gasteiger partial charge in [0, 0.05) is 29.8 Å². The van der Waals surface area contributed by atoms with Gasteiger partial charge in [0.25, 0.3) is 0 Å². The quantitative estimate of drug-likeness (QED) is 0.746. The molecular weight excluding hydrogens is 322 g/mol. The molecule has 0 aromatic heterocycles. The predicted octanol–water partition coefficient (Wildman–Crippen LogP) is 2.78. The van der Waals surface area contributed by atoms with Gasteiger partial charge in [0.05, 0.1) is 12.9 Å². The maximum atomic E-state index is 12.2. The summed E-state index contributed by atoms with van der Waals surface area (Å²) in [5.41, 5.74) is 1.08. The van der Waals surface area contributed by atoms with Crippen molar-refractivity contribution in [3.8, 4) is 0 Å². The van der Waals surface area contributed by atoms with Crippen LogP contribution in [0.25, 0.3) is 0 Å². The number of ether oxygens (including phenoxy) is 1. The molecule has 1 aromatic carbocycles. The van der Waals surface area contributed by atoms with Crippen LogP contribution in [0.1, 0.15) is 18.4 Å². The summed E-state index contributed by atoms with van der Waals surface area (Å²) in [4.78, 5) is 25.3. The summed E-state index contributed by atoms with van der Waals surface area (Å²) in [5, 5.41) is 1.03. The Morgan fingerprint density at radius 3 is 3.00 bits per heavy atom. The number of aryl methyl sites for hydroxylation is 1. The molecule has 6 heteroatoms. The van der Waals surface area contributed by atoms with Gasteiger partial charge >= 0.3 is 5.97 Å². The Labute approximate surface area is 140 Å². The number of likely N-dealkylation sites (tertiary alicyclic amines) is 1. The first kappa shape index (κ1) is 17.2. The predicted molar refractivity (Wildman–Crippen MR) is 89.2 cm³/mol. The van der Waals surface area contributed by atoms with Gasteiger partial charge in [-0.25, -0.2) is 0 Å². The molecule has 0 aliphatic carbocycles. The third-order valence-electron chi connectivity index (χ3n) is 3.68. The molecule has 22 heavy (non-hydrogen) atoms. The van der Waals surface area contributed by atoms with Gasteiger partial charge in [0.2, 0.25) is 5.91 Å². The minimum Gasteiger partial charge on any atom is -0.468 e. The number of esters is 1. The summed E-state index contributed by atoms with van der Waals surface area (Å²) < 4.78 is 4.63. The second-order valence-corrected chi connectivity index (χ2v) is 6.99. The summed E-state index contributed by atoms with van der Waals surface area (Å²) in [7, 11) is 1.39. The summed E-state index contributed by atoms with van der Waals surface area (Å²) >= 11 is 7.51. The van der Waals surface area contributed by atoms with Crippen molar-refractivity contribution >= 4 is 35.2 Å². The number of halogens is 1. The number of carbonyl (C=O) groups excluding carboxylic acids is 2. The van der Waals surface area contributed by atoms with Crippen molar-refractivity contribution in [3.05, 3.63) is 34.9 Å². The van der Waals surface area contributed by atoms with Crippen LogP contribution < -0.4 is 0 Å². The first-order valence-corrected chi connectivity index (χ1v) is 8.72. The number of nitrogens with zero attached hydrogens (tertiary/aromatic N) is 1. The smallest absolute Gasteiger partial charge is 0.315 e. The summed E-state index contributed by atoms with van der Waals surface area (Å²) in [6.07, 6.45) is 2.13. The van der Waals surface area contributed by atoms with Crippen LogP contribution in [0, 0.1) is 0 Å². The molecule has 0 N–H and O–H groups in total. The van der Waals surface area contributed by atoms with Crippen molar-refractivity contribution in [2.45, 2.75) is 24.5 Å². The Balaban J connectivity index is 1.73. The van der Waals surface area contributed by atoms with Crippen molar-refractivity contribution < 1.29 is 14.3 Å². The number of hydrogen-bond acceptors (Lipinski definition) is 4. The number of methoxy groups -OCH3 is 1. The van der Waals surface area contributed by atoms with E-state index in [4.69, 9.17) is 11.6 Å². The van der Waals surface area contributed by atoms with Gasteiger partial charge in [-0.2, -0.15) is 0 Å². The lowest BCUT2D eigenvalue weighted by molar-refractivity contribution is -0.137. The van der Waals surface area contributed by atoms with Gasteiger partial charge in [-0.3, -0.25) is 9.59 Å². The van der Waals surface area contributed by atoms with E-state index in [1.54, 1.807) is 11.8 Å². The van der Waals surface area contributed by atoms with Crippen LogP contribution in [0.4, 0.5) is 0 Å². The van der Waals surface area contributed by atoms with E-state index in [9.17, 15) is 9.59 Å². The zero-order chi connectivity index (χ0) is 15.9. The van der Waals surface area contributed by atoms with Gasteiger partial charge in [-0.05, 0) is 30.5 Å². The SMILES string of the molecule is COC(=O)CSC1CCN(C(=O)CCc2cccc(Cl)c2)C1. The summed E-state index contributed by atoms with van der Waals surface area (Å²) in [6, 6.07) is 7.61. The van der Waals surface area contributed by atoms with Crippen LogP contribution in [0.3, 0.4) is 0 Å². The van der Waals surface area contributed by atoms with E-state index in [0.29, 0.717) is 28.9 Å². The van der Waals surface area contributed by atoms with E-state index in [1.807, 2.05) is 29.2 Å². The van der Waals surface area contributed by atoms with Gasteiger partial charge in [-0.15, -0.1) is 11.8 Å². The Morgan fingerprint density at radius 2 is 2.27 bits per heavy atom. The number of rotatable bonds is 6. The third kappa shape index (κ3) is 5.21. The number of thioether (sulfide) groups is 1. The van der Waals surface area contributed by atoms with Crippen molar-refractivity contribution in [2.75, 3.05) is 26.0 Å². The topological polar surface area (TPSA) is 46.6 Å². The fraction of sp³-hybridized carbons (Fsp3) is 0.500. The number of benzene rings is 1. The molecule has 0 spiro atoms. The first-order valence-electron chi connectivity index (χ1n) is 7.29. The van der Waals surface area contributed by atoms with E-state index < -0.39 is 0 Å².